The third-order valence-corrected chi connectivity index (χ3v) is 4.60. The molecule has 0 aliphatic carbocycles. The average molecular weight is 349 g/mol. The molecule has 25 heavy (non-hydrogen) atoms. The van der Waals surface area contributed by atoms with Crippen LogP contribution in [0, 0.1) is 0 Å². The highest BCUT2D eigenvalue weighted by atomic mass is 35.5. The number of benzene rings is 3. The molecule has 124 valence electrons. The van der Waals surface area contributed by atoms with Gasteiger partial charge in [0.05, 0.1) is 17.4 Å². The number of halogens is 1. The molecule has 0 fully saturated rings. The van der Waals surface area contributed by atoms with Gasteiger partial charge in [-0.3, -0.25) is 5.01 Å². The van der Waals surface area contributed by atoms with Gasteiger partial charge in [0, 0.05) is 11.4 Å². The lowest BCUT2D eigenvalue weighted by atomic mass is 9.98. The summed E-state index contributed by atoms with van der Waals surface area (Å²) in [5.41, 5.74) is 4.22. The predicted molar refractivity (Wildman–Crippen MR) is 102 cm³/mol. The first kappa shape index (κ1) is 15.7. The topological polar surface area (TPSA) is 35.8 Å². The molecule has 4 rings (SSSR count). The largest absolute Gasteiger partial charge is 0.508 e. The van der Waals surface area contributed by atoms with Gasteiger partial charge in [-0.05, 0) is 41.5 Å². The molecule has 0 saturated carbocycles. The number of hydrazone groups is 1. The average Bonchev–Trinajstić information content (AvgIpc) is 3.08. The molecule has 0 aromatic heterocycles. The van der Waals surface area contributed by atoms with Crippen molar-refractivity contribution in [2.24, 2.45) is 5.10 Å². The summed E-state index contributed by atoms with van der Waals surface area (Å²) >= 11 is 6.18. The predicted octanol–water partition coefficient (Wildman–Crippen LogP) is 5.40. The number of hydrogen-bond donors (Lipinski definition) is 1. The molecule has 1 N–H and O–H groups in total. The van der Waals surface area contributed by atoms with Crippen molar-refractivity contribution in [3.8, 4) is 5.75 Å². The van der Waals surface area contributed by atoms with Crippen LogP contribution < -0.4 is 5.01 Å². The molecule has 0 bridgehead atoms. The van der Waals surface area contributed by atoms with Gasteiger partial charge in [-0.1, -0.05) is 60.1 Å². The van der Waals surface area contributed by atoms with E-state index in [2.05, 4.69) is 12.1 Å². The van der Waals surface area contributed by atoms with E-state index in [1.165, 1.54) is 0 Å². The molecular formula is C21H17ClN2O. The smallest absolute Gasteiger partial charge is 0.115 e. The number of aromatic hydroxyl groups is 1. The molecular weight excluding hydrogens is 332 g/mol. The lowest BCUT2D eigenvalue weighted by Gasteiger charge is -2.24. The second-order valence-corrected chi connectivity index (χ2v) is 6.49. The van der Waals surface area contributed by atoms with Crippen LogP contribution in [0.25, 0.3) is 0 Å². The lowest BCUT2D eigenvalue weighted by Crippen LogP contribution is -2.18. The molecule has 0 radical (unpaired) electrons. The summed E-state index contributed by atoms with van der Waals surface area (Å²) in [6.07, 6.45) is 0.793. The fourth-order valence-corrected chi connectivity index (χ4v) is 3.31. The summed E-state index contributed by atoms with van der Waals surface area (Å²) in [5, 5.41) is 17.2. The molecule has 0 saturated heterocycles. The molecule has 0 amide bonds. The van der Waals surface area contributed by atoms with Crippen molar-refractivity contribution in [1.82, 2.24) is 0 Å². The number of rotatable bonds is 3. The fraction of sp³-hybridized carbons (Fsp3) is 0.0952. The van der Waals surface area contributed by atoms with Gasteiger partial charge >= 0.3 is 0 Å². The Labute approximate surface area is 151 Å². The molecule has 1 aliphatic rings. The van der Waals surface area contributed by atoms with Crippen molar-refractivity contribution in [2.75, 3.05) is 5.01 Å². The third-order valence-electron chi connectivity index (χ3n) is 4.37. The number of hydrogen-bond acceptors (Lipinski definition) is 3. The lowest BCUT2D eigenvalue weighted by molar-refractivity contribution is 0.475. The highest BCUT2D eigenvalue weighted by Crippen LogP contribution is 2.37. The summed E-state index contributed by atoms with van der Waals surface area (Å²) in [7, 11) is 0. The summed E-state index contributed by atoms with van der Waals surface area (Å²) < 4.78 is 0. The molecule has 3 aromatic rings. The number of phenolic OH excluding ortho intramolecular Hbond substituents is 1. The molecule has 1 unspecified atom stereocenters. The van der Waals surface area contributed by atoms with Gasteiger partial charge in [-0.25, -0.2) is 0 Å². The van der Waals surface area contributed by atoms with E-state index in [0.717, 1.165) is 28.9 Å². The van der Waals surface area contributed by atoms with Crippen molar-refractivity contribution in [3.05, 3.63) is 95.0 Å². The van der Waals surface area contributed by atoms with Crippen LogP contribution in [0.5, 0.6) is 5.75 Å². The summed E-state index contributed by atoms with van der Waals surface area (Å²) in [6.45, 7) is 0. The van der Waals surface area contributed by atoms with E-state index in [1.54, 1.807) is 12.1 Å². The van der Waals surface area contributed by atoms with Crippen LogP contribution in [0.2, 0.25) is 5.02 Å². The van der Waals surface area contributed by atoms with E-state index < -0.39 is 0 Å². The zero-order valence-electron chi connectivity index (χ0n) is 13.5. The molecule has 3 aromatic carbocycles. The Bertz CT molecular complexity index is 907. The van der Waals surface area contributed by atoms with E-state index in [9.17, 15) is 5.11 Å². The van der Waals surface area contributed by atoms with Gasteiger partial charge in [0.15, 0.2) is 0 Å². The second-order valence-electron chi connectivity index (χ2n) is 6.05. The van der Waals surface area contributed by atoms with Crippen LogP contribution in [-0.2, 0) is 0 Å². The van der Waals surface area contributed by atoms with E-state index >= 15 is 0 Å². The van der Waals surface area contributed by atoms with Crippen molar-refractivity contribution in [2.45, 2.75) is 12.5 Å². The number of anilines is 1. The van der Waals surface area contributed by atoms with Gasteiger partial charge in [-0.2, -0.15) is 5.10 Å². The minimum Gasteiger partial charge on any atom is -0.508 e. The van der Waals surface area contributed by atoms with Gasteiger partial charge in [-0.15, -0.1) is 0 Å². The molecule has 1 heterocycles. The maximum atomic E-state index is 9.59. The number of nitrogens with zero attached hydrogens (tertiary/aromatic N) is 2. The van der Waals surface area contributed by atoms with Crippen LogP contribution in [0.3, 0.4) is 0 Å². The Morgan fingerprint density at radius 1 is 0.920 bits per heavy atom. The summed E-state index contributed by atoms with van der Waals surface area (Å²) in [6, 6.07) is 25.3. The van der Waals surface area contributed by atoms with Crippen molar-refractivity contribution in [1.29, 1.82) is 0 Å². The maximum absolute atomic E-state index is 9.59. The highest BCUT2D eigenvalue weighted by Gasteiger charge is 2.29. The maximum Gasteiger partial charge on any atom is 0.115 e. The monoisotopic (exact) mass is 348 g/mol. The normalized spacial score (nSPS) is 16.8. The van der Waals surface area contributed by atoms with E-state index in [-0.39, 0.29) is 11.8 Å². The van der Waals surface area contributed by atoms with E-state index in [0.29, 0.717) is 5.02 Å². The first-order valence-electron chi connectivity index (χ1n) is 8.17. The minimum atomic E-state index is 0.0641. The highest BCUT2D eigenvalue weighted by molar-refractivity contribution is 6.30. The van der Waals surface area contributed by atoms with Crippen LogP contribution in [0.1, 0.15) is 23.6 Å². The standard InChI is InChI=1S/C21H17ClN2O/c22-17-7-4-8-18(13-17)24-21(16-9-11-19(25)12-10-16)14-20(23-24)15-5-2-1-3-6-15/h1-13,21,25H,14H2. The van der Waals surface area contributed by atoms with Gasteiger partial charge in [0.1, 0.15) is 5.75 Å². The fourth-order valence-electron chi connectivity index (χ4n) is 3.13. The third kappa shape index (κ3) is 3.24. The Balaban J connectivity index is 1.76. The zero-order valence-corrected chi connectivity index (χ0v) is 14.3. The zero-order chi connectivity index (χ0) is 17.2. The quantitative estimate of drug-likeness (QED) is 0.687. The van der Waals surface area contributed by atoms with E-state index in [4.69, 9.17) is 16.7 Å². The summed E-state index contributed by atoms with van der Waals surface area (Å²) in [5.74, 6) is 0.264. The Hall–Kier alpha value is -2.78. The van der Waals surface area contributed by atoms with E-state index in [1.807, 2.05) is 59.6 Å². The first-order chi connectivity index (χ1) is 12.2. The molecule has 3 nitrogen and oxygen atoms in total. The van der Waals surface area contributed by atoms with Crippen LogP contribution in [0.4, 0.5) is 5.69 Å². The van der Waals surface area contributed by atoms with Crippen molar-refractivity contribution < 1.29 is 5.11 Å². The van der Waals surface area contributed by atoms with Gasteiger partial charge in [0.25, 0.3) is 0 Å². The Morgan fingerprint density at radius 2 is 1.68 bits per heavy atom. The number of phenols is 1. The summed E-state index contributed by atoms with van der Waals surface area (Å²) in [4.78, 5) is 0. The molecule has 4 heteroatoms. The SMILES string of the molecule is Oc1ccc(C2CC(c3ccccc3)=NN2c2cccc(Cl)c2)cc1. The minimum absolute atomic E-state index is 0.0641. The van der Waals surface area contributed by atoms with Crippen molar-refractivity contribution >= 4 is 23.0 Å². The van der Waals surface area contributed by atoms with Crippen molar-refractivity contribution in [3.63, 3.8) is 0 Å². The van der Waals surface area contributed by atoms with Crippen LogP contribution in [0.15, 0.2) is 84.0 Å². The van der Waals surface area contributed by atoms with Crippen LogP contribution in [-0.4, -0.2) is 10.8 Å². The first-order valence-corrected chi connectivity index (χ1v) is 8.55. The Morgan fingerprint density at radius 3 is 2.40 bits per heavy atom. The molecule has 1 atom stereocenters. The Kier molecular flexibility index (Phi) is 4.16. The van der Waals surface area contributed by atoms with Gasteiger partial charge in [0.2, 0.25) is 0 Å². The molecule has 0 spiro atoms. The van der Waals surface area contributed by atoms with Crippen LogP contribution >= 0.6 is 11.6 Å². The molecule has 1 aliphatic heterocycles. The second kappa shape index (κ2) is 6.61. The van der Waals surface area contributed by atoms with Gasteiger partial charge < -0.3 is 5.11 Å².